The van der Waals surface area contributed by atoms with Crippen molar-refractivity contribution < 1.29 is 14.3 Å². The van der Waals surface area contributed by atoms with Crippen molar-refractivity contribution in [2.24, 2.45) is 0 Å². The Hall–Kier alpha value is -1.74. The molecule has 0 aliphatic carbocycles. The molecule has 2 aromatic rings. The summed E-state index contributed by atoms with van der Waals surface area (Å²) in [7, 11) is 0. The minimum Gasteiger partial charge on any atom is -0.491 e. The zero-order chi connectivity index (χ0) is 13.1. The minimum absolute atomic E-state index is 0.150. The summed E-state index contributed by atoms with van der Waals surface area (Å²) in [5.41, 5.74) is 1.59. The fourth-order valence-electron chi connectivity index (χ4n) is 1.80. The lowest BCUT2D eigenvalue weighted by Crippen LogP contribution is -2.05. The van der Waals surface area contributed by atoms with Gasteiger partial charge in [0.15, 0.2) is 0 Å². The first-order valence-corrected chi connectivity index (χ1v) is 6.06. The Balaban J connectivity index is 2.14. The van der Waals surface area contributed by atoms with Gasteiger partial charge in [-0.1, -0.05) is 12.1 Å². The Morgan fingerprint density at radius 2 is 1.78 bits per heavy atom. The molecule has 0 saturated heterocycles. The van der Waals surface area contributed by atoms with E-state index in [1.807, 2.05) is 51.1 Å². The van der Waals surface area contributed by atoms with Crippen LogP contribution in [0.4, 0.5) is 0 Å². The second-order valence-electron chi connectivity index (χ2n) is 4.63. The lowest BCUT2D eigenvalue weighted by molar-refractivity contribution is 0.218. The standard InChI is InChI=1S/C15H18O3/c1-10(2)18-14-6-4-12(5-7-14)15(16)13-8-11(3)17-9-13/h4-10,15-16H,1-3H3. The molecule has 2 rings (SSSR count). The van der Waals surface area contributed by atoms with Crippen molar-refractivity contribution in [3.05, 3.63) is 53.5 Å². The summed E-state index contributed by atoms with van der Waals surface area (Å²) < 4.78 is 10.8. The van der Waals surface area contributed by atoms with Crippen molar-refractivity contribution in [2.45, 2.75) is 33.0 Å². The molecule has 0 fully saturated rings. The molecule has 1 atom stereocenters. The maximum atomic E-state index is 10.2. The fraction of sp³-hybridized carbons (Fsp3) is 0.333. The van der Waals surface area contributed by atoms with Crippen molar-refractivity contribution >= 4 is 0 Å². The number of furan rings is 1. The van der Waals surface area contributed by atoms with E-state index in [9.17, 15) is 5.11 Å². The van der Waals surface area contributed by atoms with Crippen LogP contribution in [0.3, 0.4) is 0 Å². The van der Waals surface area contributed by atoms with Crippen LogP contribution >= 0.6 is 0 Å². The van der Waals surface area contributed by atoms with E-state index >= 15 is 0 Å². The Bertz CT molecular complexity index is 497. The molecule has 0 aliphatic heterocycles. The molecule has 1 aromatic heterocycles. The summed E-state index contributed by atoms with van der Waals surface area (Å²) in [4.78, 5) is 0. The van der Waals surface area contributed by atoms with Crippen molar-refractivity contribution in [2.75, 3.05) is 0 Å². The Morgan fingerprint density at radius 1 is 1.11 bits per heavy atom. The molecule has 1 unspecified atom stereocenters. The highest BCUT2D eigenvalue weighted by atomic mass is 16.5. The molecule has 96 valence electrons. The van der Waals surface area contributed by atoms with Gasteiger partial charge in [0.1, 0.15) is 17.6 Å². The first kappa shape index (κ1) is 12.7. The van der Waals surface area contributed by atoms with Gasteiger partial charge in [0.2, 0.25) is 0 Å². The van der Waals surface area contributed by atoms with Gasteiger partial charge in [-0.3, -0.25) is 0 Å². The third-order valence-electron chi connectivity index (χ3n) is 2.63. The van der Waals surface area contributed by atoms with Gasteiger partial charge in [-0.05, 0) is 44.5 Å². The number of benzene rings is 1. The second kappa shape index (κ2) is 5.27. The third kappa shape index (κ3) is 2.93. The molecule has 0 aliphatic rings. The molecule has 1 aromatic carbocycles. The van der Waals surface area contributed by atoms with E-state index in [1.165, 1.54) is 0 Å². The van der Waals surface area contributed by atoms with Crippen molar-refractivity contribution in [3.63, 3.8) is 0 Å². The first-order chi connectivity index (χ1) is 8.56. The van der Waals surface area contributed by atoms with Crippen LogP contribution in [-0.4, -0.2) is 11.2 Å². The molecule has 0 amide bonds. The third-order valence-corrected chi connectivity index (χ3v) is 2.63. The average molecular weight is 246 g/mol. The normalized spacial score (nSPS) is 12.7. The first-order valence-electron chi connectivity index (χ1n) is 6.06. The molecular formula is C15H18O3. The van der Waals surface area contributed by atoms with Crippen molar-refractivity contribution in [3.8, 4) is 5.75 Å². The van der Waals surface area contributed by atoms with E-state index in [4.69, 9.17) is 9.15 Å². The summed E-state index contributed by atoms with van der Waals surface area (Å²) in [6.07, 6.45) is 1.08. The van der Waals surface area contributed by atoms with Gasteiger partial charge in [0, 0.05) is 5.56 Å². The average Bonchev–Trinajstić information content (AvgIpc) is 2.75. The number of aryl methyl sites for hydroxylation is 1. The van der Waals surface area contributed by atoms with Crippen LogP contribution in [0.15, 0.2) is 41.0 Å². The maximum Gasteiger partial charge on any atom is 0.119 e. The molecule has 0 bridgehead atoms. The van der Waals surface area contributed by atoms with Crippen LogP contribution in [0, 0.1) is 6.92 Å². The summed E-state index contributed by atoms with van der Waals surface area (Å²) >= 11 is 0. The van der Waals surface area contributed by atoms with Gasteiger partial charge in [-0.15, -0.1) is 0 Å². The number of hydrogen-bond donors (Lipinski definition) is 1. The lowest BCUT2D eigenvalue weighted by atomic mass is 10.0. The van der Waals surface area contributed by atoms with E-state index in [2.05, 4.69) is 0 Å². The van der Waals surface area contributed by atoms with Crippen molar-refractivity contribution in [1.29, 1.82) is 0 Å². The van der Waals surface area contributed by atoms with E-state index in [0.29, 0.717) is 0 Å². The predicted molar refractivity (Wildman–Crippen MR) is 69.7 cm³/mol. The molecule has 0 saturated carbocycles. The number of hydrogen-bond acceptors (Lipinski definition) is 3. The molecule has 1 heterocycles. The Morgan fingerprint density at radius 3 is 2.28 bits per heavy atom. The van der Waals surface area contributed by atoms with Crippen LogP contribution in [0.1, 0.15) is 36.8 Å². The van der Waals surface area contributed by atoms with Gasteiger partial charge < -0.3 is 14.3 Å². The van der Waals surface area contributed by atoms with Crippen LogP contribution in [-0.2, 0) is 0 Å². The highest BCUT2D eigenvalue weighted by molar-refractivity contribution is 5.33. The number of aliphatic hydroxyl groups excluding tert-OH is 1. The zero-order valence-electron chi connectivity index (χ0n) is 10.9. The monoisotopic (exact) mass is 246 g/mol. The van der Waals surface area contributed by atoms with Gasteiger partial charge in [0.25, 0.3) is 0 Å². The molecule has 0 spiro atoms. The SMILES string of the molecule is Cc1cc(C(O)c2ccc(OC(C)C)cc2)co1. The predicted octanol–water partition coefficient (Wildman–Crippen LogP) is 3.46. The van der Waals surface area contributed by atoms with E-state index < -0.39 is 6.10 Å². The molecular weight excluding hydrogens is 228 g/mol. The number of rotatable bonds is 4. The van der Waals surface area contributed by atoms with Crippen LogP contribution in [0.5, 0.6) is 5.75 Å². The quantitative estimate of drug-likeness (QED) is 0.898. The molecule has 3 nitrogen and oxygen atoms in total. The van der Waals surface area contributed by atoms with Gasteiger partial charge >= 0.3 is 0 Å². The topological polar surface area (TPSA) is 42.6 Å². The highest BCUT2D eigenvalue weighted by Gasteiger charge is 2.12. The van der Waals surface area contributed by atoms with Gasteiger partial charge in [0.05, 0.1) is 12.4 Å². The van der Waals surface area contributed by atoms with E-state index in [1.54, 1.807) is 6.26 Å². The van der Waals surface area contributed by atoms with Crippen LogP contribution < -0.4 is 4.74 Å². The molecule has 1 N–H and O–H groups in total. The minimum atomic E-state index is -0.657. The van der Waals surface area contributed by atoms with E-state index in [0.717, 1.165) is 22.6 Å². The number of ether oxygens (including phenoxy) is 1. The van der Waals surface area contributed by atoms with Crippen LogP contribution in [0.25, 0.3) is 0 Å². The Kier molecular flexibility index (Phi) is 3.72. The summed E-state index contributed by atoms with van der Waals surface area (Å²) in [5, 5.41) is 10.2. The molecule has 3 heteroatoms. The van der Waals surface area contributed by atoms with Gasteiger partial charge in [-0.2, -0.15) is 0 Å². The van der Waals surface area contributed by atoms with Gasteiger partial charge in [-0.25, -0.2) is 0 Å². The second-order valence-corrected chi connectivity index (χ2v) is 4.63. The molecule has 0 radical (unpaired) electrons. The summed E-state index contributed by atoms with van der Waals surface area (Å²) in [6, 6.07) is 9.30. The fourth-order valence-corrected chi connectivity index (χ4v) is 1.80. The smallest absolute Gasteiger partial charge is 0.119 e. The highest BCUT2D eigenvalue weighted by Crippen LogP contribution is 2.25. The summed E-state index contributed by atoms with van der Waals surface area (Å²) in [6.45, 7) is 5.82. The Labute approximate surface area is 107 Å². The lowest BCUT2D eigenvalue weighted by Gasteiger charge is -2.12. The zero-order valence-corrected chi connectivity index (χ0v) is 10.9. The van der Waals surface area contributed by atoms with Crippen LogP contribution in [0.2, 0.25) is 0 Å². The van der Waals surface area contributed by atoms with Crippen molar-refractivity contribution in [1.82, 2.24) is 0 Å². The maximum absolute atomic E-state index is 10.2. The number of aliphatic hydroxyl groups is 1. The largest absolute Gasteiger partial charge is 0.491 e. The van der Waals surface area contributed by atoms with E-state index in [-0.39, 0.29) is 6.10 Å². The summed E-state index contributed by atoms with van der Waals surface area (Å²) in [5.74, 6) is 1.60. The molecule has 18 heavy (non-hydrogen) atoms.